The number of hydrogen-bond donors (Lipinski definition) is 2. The Kier molecular flexibility index (Phi) is 7.28. The van der Waals surface area contributed by atoms with E-state index in [1.165, 1.54) is 0 Å². The number of aryl methyl sites for hydroxylation is 2. The average molecular weight is 421 g/mol. The van der Waals surface area contributed by atoms with Gasteiger partial charge in [-0.2, -0.15) is 13.2 Å². The van der Waals surface area contributed by atoms with Gasteiger partial charge in [-0.25, -0.2) is 4.79 Å². The summed E-state index contributed by atoms with van der Waals surface area (Å²) in [5.74, 6) is -1.78. The van der Waals surface area contributed by atoms with E-state index in [-0.39, 0.29) is 30.1 Å². The molecule has 1 aromatic rings. The monoisotopic (exact) mass is 421 g/mol. The van der Waals surface area contributed by atoms with Crippen molar-refractivity contribution in [1.82, 2.24) is 15.4 Å². The minimum atomic E-state index is -5.08. The molecule has 2 saturated heterocycles. The predicted molar refractivity (Wildman–Crippen MR) is 95.0 cm³/mol. The number of alkyl halides is 3. The molecule has 0 radical (unpaired) electrons. The maximum Gasteiger partial charge on any atom is 0.490 e. The number of carbonyl (C=O) groups is 2. The average Bonchev–Trinajstić information content (AvgIpc) is 3.06. The number of carboxylic acid groups (broad SMARTS) is 1. The number of nitrogens with one attached hydrogen (secondary N) is 1. The molecule has 0 aromatic carbocycles. The third-order valence-corrected chi connectivity index (χ3v) is 4.81. The molecule has 0 spiro atoms. The van der Waals surface area contributed by atoms with Crippen molar-refractivity contribution in [3.8, 4) is 0 Å². The van der Waals surface area contributed by atoms with Gasteiger partial charge in [0.25, 0.3) is 0 Å². The summed E-state index contributed by atoms with van der Waals surface area (Å²) in [5.41, 5.74) is 2.11. The molecule has 3 unspecified atom stereocenters. The van der Waals surface area contributed by atoms with Gasteiger partial charge in [0.15, 0.2) is 0 Å². The number of carboxylic acids is 1. The summed E-state index contributed by atoms with van der Waals surface area (Å²) >= 11 is 0. The lowest BCUT2D eigenvalue weighted by molar-refractivity contribution is -0.192. The van der Waals surface area contributed by atoms with E-state index in [4.69, 9.17) is 19.2 Å². The van der Waals surface area contributed by atoms with Gasteiger partial charge in [0.05, 0.1) is 23.8 Å². The minimum absolute atomic E-state index is 0.00188. The standard InChI is InChI=1S/C16H25N3O3.C2HF3O2/c1-9(2)17-16(20)13-5-12-6-19(8-15(13)21-12)7-14-10(3)18-22-11(14)4;3-2(4,5)1(6)7/h9,12-13,15H,5-8H2,1-4H3,(H,17,20);(H,6,7). The first kappa shape index (κ1) is 23.1. The summed E-state index contributed by atoms with van der Waals surface area (Å²) in [6.45, 7) is 10.4. The van der Waals surface area contributed by atoms with Crippen LogP contribution in [0, 0.1) is 19.8 Å². The third-order valence-electron chi connectivity index (χ3n) is 4.81. The number of ether oxygens (including phenoxy) is 1. The van der Waals surface area contributed by atoms with Crippen molar-refractivity contribution in [2.24, 2.45) is 5.92 Å². The van der Waals surface area contributed by atoms with Crippen LogP contribution in [-0.4, -0.2) is 64.6 Å². The summed E-state index contributed by atoms with van der Waals surface area (Å²) in [4.78, 5) is 23.5. The molecule has 164 valence electrons. The van der Waals surface area contributed by atoms with Gasteiger partial charge in [0.1, 0.15) is 5.76 Å². The van der Waals surface area contributed by atoms with E-state index in [0.29, 0.717) is 0 Å². The van der Waals surface area contributed by atoms with Gasteiger partial charge >= 0.3 is 12.1 Å². The Labute approximate surface area is 166 Å². The lowest BCUT2D eigenvalue weighted by Gasteiger charge is -2.32. The van der Waals surface area contributed by atoms with Crippen LogP contribution in [0.15, 0.2) is 4.52 Å². The summed E-state index contributed by atoms with van der Waals surface area (Å²) in [6, 6.07) is 0.173. The predicted octanol–water partition coefficient (Wildman–Crippen LogP) is 2.04. The van der Waals surface area contributed by atoms with Crippen molar-refractivity contribution in [2.45, 2.75) is 65.1 Å². The minimum Gasteiger partial charge on any atom is -0.475 e. The second-order valence-electron chi connectivity index (χ2n) is 7.60. The molecule has 0 aliphatic carbocycles. The van der Waals surface area contributed by atoms with E-state index in [1.807, 2.05) is 27.7 Å². The zero-order chi connectivity index (χ0) is 21.9. The van der Waals surface area contributed by atoms with Crippen molar-refractivity contribution in [2.75, 3.05) is 13.1 Å². The number of carbonyl (C=O) groups excluding carboxylic acids is 1. The van der Waals surface area contributed by atoms with Crippen molar-refractivity contribution in [3.63, 3.8) is 0 Å². The highest BCUT2D eigenvalue weighted by Crippen LogP contribution is 2.33. The van der Waals surface area contributed by atoms with Gasteiger partial charge < -0.3 is 19.7 Å². The molecule has 2 fully saturated rings. The van der Waals surface area contributed by atoms with Gasteiger partial charge in [-0.3, -0.25) is 9.69 Å². The van der Waals surface area contributed by atoms with Crippen molar-refractivity contribution in [3.05, 3.63) is 17.0 Å². The van der Waals surface area contributed by atoms with Gasteiger partial charge in [0.2, 0.25) is 5.91 Å². The number of aliphatic carboxylic acids is 1. The van der Waals surface area contributed by atoms with Gasteiger partial charge in [-0.1, -0.05) is 5.16 Å². The first-order valence-electron chi connectivity index (χ1n) is 9.28. The molecule has 29 heavy (non-hydrogen) atoms. The zero-order valence-corrected chi connectivity index (χ0v) is 16.7. The van der Waals surface area contributed by atoms with Crippen LogP contribution in [0.25, 0.3) is 0 Å². The molecule has 2 N–H and O–H groups in total. The van der Waals surface area contributed by atoms with Crippen LogP contribution >= 0.6 is 0 Å². The van der Waals surface area contributed by atoms with Crippen LogP contribution in [0.3, 0.4) is 0 Å². The Morgan fingerprint density at radius 3 is 2.41 bits per heavy atom. The molecule has 3 rings (SSSR count). The van der Waals surface area contributed by atoms with E-state index in [0.717, 1.165) is 43.1 Å². The summed E-state index contributed by atoms with van der Waals surface area (Å²) in [5, 5.41) is 14.2. The highest BCUT2D eigenvalue weighted by Gasteiger charge is 2.44. The first-order valence-corrected chi connectivity index (χ1v) is 9.28. The van der Waals surface area contributed by atoms with Crippen molar-refractivity contribution in [1.29, 1.82) is 0 Å². The number of nitrogens with zero attached hydrogens (tertiary/aromatic N) is 2. The molecule has 1 aromatic heterocycles. The van der Waals surface area contributed by atoms with Gasteiger partial charge in [-0.15, -0.1) is 0 Å². The SMILES string of the molecule is Cc1noc(C)c1CN1CC2CC(C(=O)NC(C)C)C(C1)O2.O=C(O)C(F)(F)F. The quantitative estimate of drug-likeness (QED) is 0.767. The fourth-order valence-corrected chi connectivity index (χ4v) is 3.49. The van der Waals surface area contributed by atoms with E-state index in [1.54, 1.807) is 0 Å². The fraction of sp³-hybridized carbons (Fsp3) is 0.722. The molecule has 2 bridgehead atoms. The summed E-state index contributed by atoms with van der Waals surface area (Å²) in [7, 11) is 0. The number of likely N-dealkylation sites (tertiary alicyclic amines) is 1. The van der Waals surface area contributed by atoms with Crippen LogP contribution in [0.1, 0.15) is 37.3 Å². The van der Waals surface area contributed by atoms with Crippen LogP contribution in [0.4, 0.5) is 13.2 Å². The largest absolute Gasteiger partial charge is 0.490 e. The number of fused-ring (bicyclic) bond motifs is 2. The number of rotatable bonds is 4. The Morgan fingerprint density at radius 2 is 1.93 bits per heavy atom. The van der Waals surface area contributed by atoms with Gasteiger partial charge in [0, 0.05) is 31.2 Å². The zero-order valence-electron chi connectivity index (χ0n) is 16.7. The Balaban J connectivity index is 0.000000370. The Morgan fingerprint density at radius 1 is 1.31 bits per heavy atom. The van der Waals surface area contributed by atoms with E-state index < -0.39 is 12.1 Å². The molecule has 11 heteroatoms. The number of halogens is 3. The molecule has 3 heterocycles. The molecule has 0 saturated carbocycles. The maximum atomic E-state index is 12.3. The first-order chi connectivity index (χ1) is 13.4. The fourth-order valence-electron chi connectivity index (χ4n) is 3.49. The van der Waals surface area contributed by atoms with Crippen molar-refractivity contribution >= 4 is 11.9 Å². The maximum absolute atomic E-state index is 12.3. The van der Waals surface area contributed by atoms with Crippen molar-refractivity contribution < 1.29 is 37.1 Å². The normalized spacial score (nSPS) is 24.2. The second-order valence-corrected chi connectivity index (χ2v) is 7.60. The highest BCUT2D eigenvalue weighted by molar-refractivity contribution is 5.80. The topological polar surface area (TPSA) is 105 Å². The number of aromatic nitrogens is 1. The third kappa shape index (κ3) is 6.17. The summed E-state index contributed by atoms with van der Waals surface area (Å²) in [6.07, 6.45) is -4.11. The second kappa shape index (κ2) is 9.12. The van der Waals surface area contributed by atoms with Crippen LogP contribution in [0.2, 0.25) is 0 Å². The van der Waals surface area contributed by atoms with E-state index in [2.05, 4.69) is 15.4 Å². The molecule has 2 aliphatic rings. The molecule has 8 nitrogen and oxygen atoms in total. The van der Waals surface area contributed by atoms with Crippen LogP contribution < -0.4 is 5.32 Å². The van der Waals surface area contributed by atoms with E-state index in [9.17, 15) is 18.0 Å². The lowest BCUT2D eigenvalue weighted by Crippen LogP contribution is -2.45. The molecule has 1 amide bonds. The highest BCUT2D eigenvalue weighted by atomic mass is 19.4. The molecular formula is C18H26F3N3O5. The smallest absolute Gasteiger partial charge is 0.475 e. The molecule has 2 aliphatic heterocycles. The number of morpholine rings is 1. The lowest BCUT2D eigenvalue weighted by atomic mass is 9.99. The Hall–Kier alpha value is -2.14. The van der Waals surface area contributed by atoms with E-state index >= 15 is 0 Å². The number of hydrogen-bond acceptors (Lipinski definition) is 6. The number of amides is 1. The Bertz CT molecular complexity index is 715. The van der Waals surface area contributed by atoms with Gasteiger partial charge in [-0.05, 0) is 34.1 Å². The molecule has 3 atom stereocenters. The van der Waals surface area contributed by atoms with Crippen LogP contribution in [0.5, 0.6) is 0 Å². The summed E-state index contributed by atoms with van der Waals surface area (Å²) < 4.78 is 43.0. The van der Waals surface area contributed by atoms with Crippen LogP contribution in [-0.2, 0) is 20.9 Å². The molecular weight excluding hydrogens is 395 g/mol.